The van der Waals surface area contributed by atoms with Crippen molar-refractivity contribution in [3.05, 3.63) is 58.1 Å². The van der Waals surface area contributed by atoms with Crippen molar-refractivity contribution in [3.8, 4) is 5.75 Å². The van der Waals surface area contributed by atoms with Crippen LogP contribution in [0.5, 0.6) is 5.75 Å². The van der Waals surface area contributed by atoms with Crippen LogP contribution in [0, 0.1) is 6.92 Å². The van der Waals surface area contributed by atoms with Crippen LogP contribution in [-0.4, -0.2) is 17.1 Å². The highest BCUT2D eigenvalue weighted by Gasteiger charge is 2.18. The standard InChI is InChI=1S/C18H16ClNO3S/c1-11-9-13(19)7-8-15(11)23-12(2)18(21)22-10-17-20-14-5-3-4-6-16(14)24-17/h3-9,12H,10H2,1-2H3. The number of nitrogens with zero attached hydrogens (tertiary/aromatic N) is 1. The van der Waals surface area contributed by atoms with Crippen LogP contribution in [0.3, 0.4) is 0 Å². The van der Waals surface area contributed by atoms with Gasteiger partial charge in [-0.05, 0) is 49.7 Å². The monoisotopic (exact) mass is 361 g/mol. The number of carbonyl (C=O) groups excluding carboxylic acids is 1. The lowest BCUT2D eigenvalue weighted by atomic mass is 10.2. The molecule has 2 aromatic carbocycles. The Morgan fingerprint density at radius 1 is 1.29 bits per heavy atom. The van der Waals surface area contributed by atoms with Gasteiger partial charge in [0.2, 0.25) is 0 Å². The van der Waals surface area contributed by atoms with Gasteiger partial charge < -0.3 is 9.47 Å². The van der Waals surface area contributed by atoms with Crippen molar-refractivity contribution in [1.29, 1.82) is 0 Å². The molecule has 0 radical (unpaired) electrons. The fraction of sp³-hybridized carbons (Fsp3) is 0.222. The average molecular weight is 362 g/mol. The molecule has 1 atom stereocenters. The highest BCUT2D eigenvalue weighted by molar-refractivity contribution is 7.18. The quantitative estimate of drug-likeness (QED) is 0.614. The Kier molecular flexibility index (Phi) is 5.02. The number of benzene rings is 2. The number of esters is 1. The van der Waals surface area contributed by atoms with Crippen molar-refractivity contribution < 1.29 is 14.3 Å². The fourth-order valence-corrected chi connectivity index (χ4v) is 3.32. The minimum Gasteiger partial charge on any atom is -0.479 e. The number of aromatic nitrogens is 1. The van der Waals surface area contributed by atoms with Crippen molar-refractivity contribution in [2.24, 2.45) is 0 Å². The van der Waals surface area contributed by atoms with Crippen molar-refractivity contribution in [2.45, 2.75) is 26.6 Å². The van der Waals surface area contributed by atoms with Crippen LogP contribution in [0.2, 0.25) is 5.02 Å². The van der Waals surface area contributed by atoms with E-state index < -0.39 is 12.1 Å². The number of fused-ring (bicyclic) bond motifs is 1. The molecular weight excluding hydrogens is 346 g/mol. The Hall–Kier alpha value is -2.11. The molecule has 0 N–H and O–H groups in total. The van der Waals surface area contributed by atoms with E-state index in [4.69, 9.17) is 21.1 Å². The molecule has 1 aromatic heterocycles. The lowest BCUT2D eigenvalue weighted by Gasteiger charge is -2.15. The van der Waals surface area contributed by atoms with E-state index in [1.165, 1.54) is 11.3 Å². The summed E-state index contributed by atoms with van der Waals surface area (Å²) in [4.78, 5) is 16.6. The summed E-state index contributed by atoms with van der Waals surface area (Å²) in [6.45, 7) is 3.68. The summed E-state index contributed by atoms with van der Waals surface area (Å²) in [6.07, 6.45) is -0.709. The van der Waals surface area contributed by atoms with Crippen molar-refractivity contribution in [3.63, 3.8) is 0 Å². The number of thiazole rings is 1. The highest BCUT2D eigenvalue weighted by atomic mass is 35.5. The number of halogens is 1. The van der Waals surface area contributed by atoms with Gasteiger partial charge in [0, 0.05) is 5.02 Å². The molecule has 0 saturated carbocycles. The second kappa shape index (κ2) is 7.20. The SMILES string of the molecule is Cc1cc(Cl)ccc1OC(C)C(=O)OCc1nc2ccccc2s1. The van der Waals surface area contributed by atoms with Gasteiger partial charge in [-0.3, -0.25) is 0 Å². The number of hydrogen-bond donors (Lipinski definition) is 0. The van der Waals surface area contributed by atoms with Crippen LogP contribution in [0.15, 0.2) is 42.5 Å². The molecule has 124 valence electrons. The molecule has 0 spiro atoms. The summed E-state index contributed by atoms with van der Waals surface area (Å²) in [5, 5.41) is 1.39. The molecule has 4 nitrogen and oxygen atoms in total. The maximum Gasteiger partial charge on any atom is 0.347 e. The molecule has 0 bridgehead atoms. The Morgan fingerprint density at radius 3 is 2.83 bits per heavy atom. The topological polar surface area (TPSA) is 48.4 Å². The molecule has 0 aliphatic heterocycles. The van der Waals surface area contributed by atoms with Crippen LogP contribution in [0.1, 0.15) is 17.5 Å². The highest BCUT2D eigenvalue weighted by Crippen LogP contribution is 2.24. The van der Waals surface area contributed by atoms with E-state index in [2.05, 4.69) is 4.98 Å². The third-order valence-electron chi connectivity index (χ3n) is 3.45. The van der Waals surface area contributed by atoms with E-state index in [1.807, 2.05) is 31.2 Å². The number of para-hydroxylation sites is 1. The minimum absolute atomic E-state index is 0.144. The zero-order valence-electron chi connectivity index (χ0n) is 13.3. The maximum absolute atomic E-state index is 12.1. The van der Waals surface area contributed by atoms with E-state index in [-0.39, 0.29) is 6.61 Å². The molecule has 3 aromatic rings. The first kappa shape index (κ1) is 16.7. The minimum atomic E-state index is -0.709. The van der Waals surface area contributed by atoms with Gasteiger partial charge in [-0.1, -0.05) is 23.7 Å². The average Bonchev–Trinajstić information content (AvgIpc) is 2.98. The summed E-state index contributed by atoms with van der Waals surface area (Å²) in [5.41, 5.74) is 1.78. The second-order valence-electron chi connectivity index (χ2n) is 5.35. The molecule has 24 heavy (non-hydrogen) atoms. The zero-order valence-corrected chi connectivity index (χ0v) is 14.9. The Balaban J connectivity index is 1.59. The Bertz CT molecular complexity index is 845. The molecule has 0 amide bonds. The first-order chi connectivity index (χ1) is 11.5. The molecule has 0 aliphatic rings. The summed E-state index contributed by atoms with van der Waals surface area (Å²) in [7, 11) is 0. The lowest BCUT2D eigenvalue weighted by Crippen LogP contribution is -2.26. The molecule has 1 unspecified atom stereocenters. The van der Waals surface area contributed by atoms with Crippen LogP contribution < -0.4 is 4.74 Å². The fourth-order valence-electron chi connectivity index (χ4n) is 2.22. The predicted molar refractivity (Wildman–Crippen MR) is 95.7 cm³/mol. The predicted octanol–water partition coefficient (Wildman–Crippen LogP) is 4.77. The normalized spacial score (nSPS) is 12.1. The van der Waals surface area contributed by atoms with Crippen LogP contribution >= 0.6 is 22.9 Å². The van der Waals surface area contributed by atoms with E-state index in [0.717, 1.165) is 20.8 Å². The number of rotatable bonds is 5. The second-order valence-corrected chi connectivity index (χ2v) is 6.90. The first-order valence-electron chi connectivity index (χ1n) is 7.47. The Morgan fingerprint density at radius 2 is 2.08 bits per heavy atom. The summed E-state index contributed by atoms with van der Waals surface area (Å²) < 4.78 is 12.0. The molecular formula is C18H16ClNO3S. The summed E-state index contributed by atoms with van der Waals surface area (Å²) in [6, 6.07) is 13.1. The van der Waals surface area contributed by atoms with Crippen LogP contribution in [0.25, 0.3) is 10.2 Å². The Labute approximate surface area is 149 Å². The van der Waals surface area contributed by atoms with E-state index in [9.17, 15) is 4.79 Å². The molecule has 6 heteroatoms. The van der Waals surface area contributed by atoms with Gasteiger partial charge in [-0.2, -0.15) is 0 Å². The number of ether oxygens (including phenoxy) is 2. The van der Waals surface area contributed by atoms with E-state index >= 15 is 0 Å². The molecule has 0 aliphatic carbocycles. The van der Waals surface area contributed by atoms with Crippen LogP contribution in [0.4, 0.5) is 0 Å². The number of carbonyl (C=O) groups is 1. The largest absolute Gasteiger partial charge is 0.479 e. The lowest BCUT2D eigenvalue weighted by molar-refractivity contribution is -0.152. The molecule has 1 heterocycles. The third-order valence-corrected chi connectivity index (χ3v) is 4.69. The number of aryl methyl sites for hydroxylation is 1. The third kappa shape index (κ3) is 3.86. The van der Waals surface area contributed by atoms with E-state index in [0.29, 0.717) is 10.8 Å². The van der Waals surface area contributed by atoms with Crippen molar-refractivity contribution in [1.82, 2.24) is 4.98 Å². The number of hydrogen-bond acceptors (Lipinski definition) is 5. The van der Waals surface area contributed by atoms with Gasteiger partial charge in [0.15, 0.2) is 6.10 Å². The van der Waals surface area contributed by atoms with Gasteiger partial charge in [0.25, 0.3) is 0 Å². The summed E-state index contributed by atoms with van der Waals surface area (Å²) >= 11 is 7.43. The maximum atomic E-state index is 12.1. The van der Waals surface area contributed by atoms with Gasteiger partial charge in [0.1, 0.15) is 17.4 Å². The van der Waals surface area contributed by atoms with Gasteiger partial charge in [-0.25, -0.2) is 9.78 Å². The van der Waals surface area contributed by atoms with Crippen molar-refractivity contribution in [2.75, 3.05) is 0 Å². The van der Waals surface area contributed by atoms with Gasteiger partial charge >= 0.3 is 5.97 Å². The first-order valence-corrected chi connectivity index (χ1v) is 8.66. The molecule has 0 saturated heterocycles. The zero-order chi connectivity index (χ0) is 17.1. The molecule has 3 rings (SSSR count). The van der Waals surface area contributed by atoms with Gasteiger partial charge in [0.05, 0.1) is 10.2 Å². The van der Waals surface area contributed by atoms with Crippen molar-refractivity contribution >= 4 is 39.1 Å². The van der Waals surface area contributed by atoms with E-state index in [1.54, 1.807) is 25.1 Å². The molecule has 0 fully saturated rings. The summed E-state index contributed by atoms with van der Waals surface area (Å²) in [5.74, 6) is 0.187. The van der Waals surface area contributed by atoms with Gasteiger partial charge in [-0.15, -0.1) is 11.3 Å². The van der Waals surface area contributed by atoms with Crippen LogP contribution in [-0.2, 0) is 16.1 Å². The smallest absolute Gasteiger partial charge is 0.347 e.